The fourth-order valence-electron chi connectivity index (χ4n) is 0. The maximum atomic E-state index is 5.03. The van der Waals surface area contributed by atoms with Crippen LogP contribution >= 0.6 is 36.8 Å². The van der Waals surface area contributed by atoms with Gasteiger partial charge < -0.3 is 16.4 Å². The Morgan fingerprint density at radius 2 is 0.625 bits per heavy atom. The molecule has 0 saturated carbocycles. The summed E-state index contributed by atoms with van der Waals surface area (Å²) in [4.78, 5) is 0. The Labute approximate surface area is 65.6 Å². The van der Waals surface area contributed by atoms with Crippen LogP contribution in [0.15, 0.2) is 0 Å². The molecule has 0 fully saturated rings. The van der Waals surface area contributed by atoms with Gasteiger partial charge in [0.05, 0.1) is 0 Å². The monoisotopic (exact) mass is 287 g/mol. The zero-order valence-electron chi connectivity index (χ0n) is 3.46. The molecule has 0 amide bonds. The molecule has 0 radical (unpaired) electrons. The molecule has 8 heavy (non-hydrogen) atoms. The zero-order chi connectivity index (χ0) is 4.50. The molecule has 0 spiro atoms. The van der Waals surface area contributed by atoms with Gasteiger partial charge >= 0.3 is 49.6 Å². The molecule has 57 valence electrons. The summed E-state index contributed by atoms with van der Waals surface area (Å²) in [5.41, 5.74) is 0. The van der Waals surface area contributed by atoms with E-state index in [9.17, 15) is 0 Å². The molecule has 6 N–H and O–H groups in total. The van der Waals surface area contributed by atoms with Gasteiger partial charge in [-0.15, -0.1) is 0 Å². The summed E-state index contributed by atoms with van der Waals surface area (Å²) in [6.45, 7) is 0. The number of hydrogen-bond donors (Lipinski definition) is 0. The van der Waals surface area contributed by atoms with Crippen LogP contribution in [0.3, 0.4) is 0 Å². The van der Waals surface area contributed by atoms with Crippen LogP contribution in [0.2, 0.25) is 0 Å². The molecule has 0 atom stereocenters. The first kappa shape index (κ1) is 22.6. The Hall–Kier alpha value is 1.78. The van der Waals surface area contributed by atoms with Crippen molar-refractivity contribution in [3.63, 3.8) is 0 Å². The SMILES string of the molecule is O.O.O.[Cl][Nb]([Cl])([Cl])[Cl]. The van der Waals surface area contributed by atoms with Crippen LogP contribution in [0.5, 0.6) is 0 Å². The van der Waals surface area contributed by atoms with Gasteiger partial charge in [-0.05, 0) is 0 Å². The second-order valence-corrected chi connectivity index (χ2v) is 20.4. The summed E-state index contributed by atoms with van der Waals surface area (Å²) in [6.07, 6.45) is 0. The predicted octanol–water partition coefficient (Wildman–Crippen LogP) is 0.281. The topological polar surface area (TPSA) is 94.5 Å². The van der Waals surface area contributed by atoms with E-state index in [0.29, 0.717) is 0 Å². The van der Waals surface area contributed by atoms with Gasteiger partial charge in [-0.25, -0.2) is 0 Å². The van der Waals surface area contributed by atoms with E-state index < -0.39 is 12.8 Å². The van der Waals surface area contributed by atoms with Gasteiger partial charge in [-0.2, -0.15) is 0 Å². The zero-order valence-corrected chi connectivity index (χ0v) is 8.68. The third kappa shape index (κ3) is 113. The minimum atomic E-state index is -3.21. The van der Waals surface area contributed by atoms with Gasteiger partial charge in [0, 0.05) is 0 Å². The summed E-state index contributed by atoms with van der Waals surface area (Å²) >= 11 is -3.21. The number of hydrogen-bond acceptors (Lipinski definition) is 0. The molecule has 0 rings (SSSR count). The first-order valence-electron chi connectivity index (χ1n) is 0.676. The van der Waals surface area contributed by atoms with Crippen molar-refractivity contribution in [2.24, 2.45) is 0 Å². The molecule has 0 aromatic carbocycles. The second-order valence-electron chi connectivity index (χ2n) is 0.383. The molecule has 0 unspecified atom stereocenters. The Balaban J connectivity index is -0.0000000267. The first-order chi connectivity index (χ1) is 2.00. The van der Waals surface area contributed by atoms with Crippen molar-refractivity contribution >= 4 is 36.8 Å². The van der Waals surface area contributed by atoms with E-state index in [1.807, 2.05) is 0 Å². The van der Waals surface area contributed by atoms with Crippen molar-refractivity contribution in [2.75, 3.05) is 0 Å². The fourth-order valence-corrected chi connectivity index (χ4v) is 0. The van der Waals surface area contributed by atoms with Crippen LogP contribution < -0.4 is 0 Å². The van der Waals surface area contributed by atoms with E-state index in [2.05, 4.69) is 0 Å². The molecule has 0 bridgehead atoms. The van der Waals surface area contributed by atoms with Crippen molar-refractivity contribution in [1.82, 2.24) is 0 Å². The third-order valence-electron chi connectivity index (χ3n) is 0. The number of rotatable bonds is 0. The van der Waals surface area contributed by atoms with Gasteiger partial charge in [-0.1, -0.05) is 0 Å². The van der Waals surface area contributed by atoms with Gasteiger partial charge in [-0.3, -0.25) is 0 Å². The summed E-state index contributed by atoms with van der Waals surface area (Å²) in [5, 5.41) is 0. The fraction of sp³-hybridized carbons (Fsp3) is 0. The Morgan fingerprint density at radius 1 is 0.625 bits per heavy atom. The van der Waals surface area contributed by atoms with Crippen molar-refractivity contribution < 1.29 is 29.2 Å². The molecule has 0 aliphatic rings. The van der Waals surface area contributed by atoms with Crippen molar-refractivity contribution in [3.8, 4) is 0 Å². The maximum absolute atomic E-state index is 5.03. The summed E-state index contributed by atoms with van der Waals surface area (Å²) in [5.74, 6) is 0. The van der Waals surface area contributed by atoms with Gasteiger partial charge in [0.15, 0.2) is 0 Å². The standard InChI is InChI=1S/4ClH.Nb.3H2O/h4*1H;;3*1H2/q;;;;+4;;;/p-4. The molecule has 0 saturated heterocycles. The van der Waals surface area contributed by atoms with Crippen LogP contribution in [0.25, 0.3) is 0 Å². The minimum absolute atomic E-state index is 0. The van der Waals surface area contributed by atoms with Gasteiger partial charge in [0.2, 0.25) is 0 Å². The molecular weight excluding hydrogens is 283 g/mol. The summed E-state index contributed by atoms with van der Waals surface area (Å²) in [7, 11) is 20.1. The quantitative estimate of drug-likeness (QED) is 0.573. The van der Waals surface area contributed by atoms with E-state index in [1.54, 1.807) is 0 Å². The van der Waals surface area contributed by atoms with Crippen LogP contribution in [0.1, 0.15) is 0 Å². The van der Waals surface area contributed by atoms with E-state index >= 15 is 0 Å². The average Bonchev–Trinajstić information content (AvgIpc) is 0.722. The normalized spacial score (nSPS) is 7.50. The molecule has 3 nitrogen and oxygen atoms in total. The number of halogens is 4. The summed E-state index contributed by atoms with van der Waals surface area (Å²) < 4.78 is 0. The molecule has 0 aromatic rings. The van der Waals surface area contributed by atoms with Crippen LogP contribution in [-0.2, 0) is 12.8 Å². The molecular formula is H6Cl4NbO3. The molecule has 8 heteroatoms. The average molecular weight is 289 g/mol. The third-order valence-corrected chi connectivity index (χ3v) is 0. The Kier molecular flexibility index (Phi) is 24.8. The van der Waals surface area contributed by atoms with E-state index in [0.717, 1.165) is 0 Å². The van der Waals surface area contributed by atoms with Crippen LogP contribution in [0, 0.1) is 0 Å². The van der Waals surface area contributed by atoms with Gasteiger partial charge in [0.25, 0.3) is 0 Å². The molecule has 0 aromatic heterocycles. The first-order valence-corrected chi connectivity index (χ1v) is 12.0. The van der Waals surface area contributed by atoms with E-state index in [1.165, 1.54) is 0 Å². The summed E-state index contributed by atoms with van der Waals surface area (Å²) in [6, 6.07) is 0. The Bertz CT molecular complexity index is 26.8. The predicted molar refractivity (Wildman–Crippen MR) is 34.3 cm³/mol. The van der Waals surface area contributed by atoms with Crippen LogP contribution in [-0.4, -0.2) is 16.4 Å². The Morgan fingerprint density at radius 3 is 0.625 bits per heavy atom. The van der Waals surface area contributed by atoms with Crippen LogP contribution in [0.4, 0.5) is 0 Å². The molecule has 0 aliphatic carbocycles. The van der Waals surface area contributed by atoms with Crippen molar-refractivity contribution in [2.45, 2.75) is 0 Å². The molecule has 0 aliphatic heterocycles. The second kappa shape index (κ2) is 8.78. The van der Waals surface area contributed by atoms with Crippen molar-refractivity contribution in [3.05, 3.63) is 0 Å². The van der Waals surface area contributed by atoms with Crippen molar-refractivity contribution in [1.29, 1.82) is 0 Å². The van der Waals surface area contributed by atoms with E-state index in [4.69, 9.17) is 36.8 Å². The van der Waals surface area contributed by atoms with E-state index in [-0.39, 0.29) is 16.4 Å². The van der Waals surface area contributed by atoms with Gasteiger partial charge in [0.1, 0.15) is 0 Å². The molecule has 0 heterocycles.